The first kappa shape index (κ1) is 23.5. The van der Waals surface area contributed by atoms with Crippen LogP contribution in [-0.2, 0) is 27.7 Å². The van der Waals surface area contributed by atoms with Gasteiger partial charge in [-0.3, -0.25) is 0 Å². The standard InChI is InChI=1S/C25H28N4O5S/c1-18-6-5-7-19(16-18)35(30,31)29-11-10-21-20(17-29)24(34-23-9-4-3-8-22(23)32-2)27-25(26-21)28-12-14-33-15-13-28/h3-9,16H,10-15,17H2,1-2H3. The molecular weight excluding hydrogens is 468 g/mol. The minimum absolute atomic E-state index is 0.124. The van der Waals surface area contributed by atoms with Crippen LogP contribution in [0.3, 0.4) is 0 Å². The van der Waals surface area contributed by atoms with E-state index in [1.54, 1.807) is 37.4 Å². The van der Waals surface area contributed by atoms with Crippen molar-refractivity contribution in [2.24, 2.45) is 0 Å². The van der Waals surface area contributed by atoms with Crippen molar-refractivity contribution in [3.05, 3.63) is 65.4 Å². The number of aromatic nitrogens is 2. The van der Waals surface area contributed by atoms with E-state index < -0.39 is 10.0 Å². The van der Waals surface area contributed by atoms with Gasteiger partial charge in [0.2, 0.25) is 21.9 Å². The van der Waals surface area contributed by atoms with Gasteiger partial charge in [0.25, 0.3) is 0 Å². The van der Waals surface area contributed by atoms with Crippen molar-refractivity contribution in [1.82, 2.24) is 14.3 Å². The van der Waals surface area contributed by atoms with Gasteiger partial charge in [-0.25, -0.2) is 13.4 Å². The molecule has 10 heteroatoms. The maximum Gasteiger partial charge on any atom is 0.243 e. The fraction of sp³-hybridized carbons (Fsp3) is 0.360. The van der Waals surface area contributed by atoms with Gasteiger partial charge in [-0.05, 0) is 36.8 Å². The van der Waals surface area contributed by atoms with Crippen molar-refractivity contribution in [2.45, 2.75) is 24.8 Å². The Labute approximate surface area is 205 Å². The van der Waals surface area contributed by atoms with E-state index >= 15 is 0 Å². The van der Waals surface area contributed by atoms with E-state index in [0.29, 0.717) is 68.2 Å². The molecule has 0 radical (unpaired) electrons. The lowest BCUT2D eigenvalue weighted by Crippen LogP contribution is -2.39. The van der Waals surface area contributed by atoms with Gasteiger partial charge in [-0.15, -0.1) is 0 Å². The quantitative estimate of drug-likeness (QED) is 0.514. The first-order valence-corrected chi connectivity index (χ1v) is 13.0. The third kappa shape index (κ3) is 4.82. The zero-order valence-electron chi connectivity index (χ0n) is 19.8. The molecule has 1 fully saturated rings. The highest BCUT2D eigenvalue weighted by atomic mass is 32.2. The van der Waals surface area contributed by atoms with Crippen LogP contribution in [0.15, 0.2) is 53.4 Å². The maximum absolute atomic E-state index is 13.4. The maximum atomic E-state index is 13.4. The summed E-state index contributed by atoms with van der Waals surface area (Å²) in [7, 11) is -2.11. The van der Waals surface area contributed by atoms with E-state index in [-0.39, 0.29) is 11.4 Å². The summed E-state index contributed by atoms with van der Waals surface area (Å²) >= 11 is 0. The van der Waals surface area contributed by atoms with Crippen LogP contribution in [0.2, 0.25) is 0 Å². The summed E-state index contributed by atoms with van der Waals surface area (Å²) in [5.74, 6) is 1.97. The van der Waals surface area contributed by atoms with Gasteiger partial charge in [0.05, 0.1) is 36.5 Å². The fourth-order valence-electron chi connectivity index (χ4n) is 4.27. The van der Waals surface area contributed by atoms with E-state index in [4.69, 9.17) is 24.2 Å². The Morgan fingerprint density at radius 1 is 0.971 bits per heavy atom. The van der Waals surface area contributed by atoms with Crippen molar-refractivity contribution < 1.29 is 22.6 Å². The Kier molecular flexibility index (Phi) is 6.59. The van der Waals surface area contributed by atoms with Gasteiger partial charge < -0.3 is 19.1 Å². The van der Waals surface area contributed by atoms with Crippen molar-refractivity contribution in [2.75, 3.05) is 44.9 Å². The largest absolute Gasteiger partial charge is 0.493 e. The second-order valence-electron chi connectivity index (χ2n) is 8.51. The molecule has 9 nitrogen and oxygen atoms in total. The number of fused-ring (bicyclic) bond motifs is 1. The number of morpholine rings is 1. The number of nitrogens with zero attached hydrogens (tertiary/aromatic N) is 4. The Hall–Kier alpha value is -3.21. The second kappa shape index (κ2) is 9.80. The smallest absolute Gasteiger partial charge is 0.243 e. The number of anilines is 1. The Morgan fingerprint density at radius 3 is 2.49 bits per heavy atom. The van der Waals surface area contributed by atoms with E-state index in [0.717, 1.165) is 11.3 Å². The molecule has 1 aromatic heterocycles. The van der Waals surface area contributed by atoms with Gasteiger partial charge in [-0.1, -0.05) is 24.3 Å². The number of hydrogen-bond donors (Lipinski definition) is 0. The SMILES string of the molecule is COc1ccccc1Oc1nc(N2CCOCC2)nc2c1CN(S(=O)(=O)c1cccc(C)c1)CC2. The van der Waals surface area contributed by atoms with E-state index in [2.05, 4.69) is 4.90 Å². The minimum atomic E-state index is -3.69. The molecule has 0 bridgehead atoms. The third-order valence-corrected chi connectivity index (χ3v) is 8.01. The molecule has 0 amide bonds. The number of benzene rings is 2. The monoisotopic (exact) mass is 496 g/mol. The lowest BCUT2D eigenvalue weighted by Gasteiger charge is -2.31. The summed E-state index contributed by atoms with van der Waals surface area (Å²) in [5.41, 5.74) is 2.35. The number of ether oxygens (including phenoxy) is 3. The molecule has 35 heavy (non-hydrogen) atoms. The number of methoxy groups -OCH3 is 1. The van der Waals surface area contributed by atoms with Crippen LogP contribution in [-0.4, -0.2) is 62.6 Å². The summed E-state index contributed by atoms with van der Waals surface area (Å²) in [4.78, 5) is 11.9. The zero-order chi connectivity index (χ0) is 24.4. The Morgan fingerprint density at radius 2 is 1.74 bits per heavy atom. The number of hydrogen-bond acceptors (Lipinski definition) is 8. The second-order valence-corrected chi connectivity index (χ2v) is 10.4. The van der Waals surface area contributed by atoms with Crippen molar-refractivity contribution in [3.63, 3.8) is 0 Å². The van der Waals surface area contributed by atoms with Crippen molar-refractivity contribution in [1.29, 1.82) is 0 Å². The molecule has 2 aliphatic heterocycles. The van der Waals surface area contributed by atoms with Crippen LogP contribution in [0, 0.1) is 6.92 Å². The van der Waals surface area contributed by atoms with Gasteiger partial charge in [0, 0.05) is 32.6 Å². The molecule has 0 unspecified atom stereocenters. The molecule has 2 aromatic carbocycles. The van der Waals surface area contributed by atoms with E-state index in [1.165, 1.54) is 4.31 Å². The van der Waals surface area contributed by atoms with Crippen LogP contribution >= 0.6 is 0 Å². The molecule has 0 aliphatic carbocycles. The highest BCUT2D eigenvalue weighted by Gasteiger charge is 2.33. The molecule has 0 saturated carbocycles. The lowest BCUT2D eigenvalue weighted by atomic mass is 10.1. The first-order chi connectivity index (χ1) is 17.0. The Balaban J connectivity index is 1.54. The van der Waals surface area contributed by atoms with Crippen LogP contribution < -0.4 is 14.4 Å². The highest BCUT2D eigenvalue weighted by Crippen LogP contribution is 2.36. The third-order valence-electron chi connectivity index (χ3n) is 6.17. The number of para-hydroxylation sites is 2. The molecule has 3 heterocycles. The predicted molar refractivity (Wildman–Crippen MR) is 131 cm³/mol. The normalized spacial score (nSPS) is 16.6. The first-order valence-electron chi connectivity index (χ1n) is 11.6. The average Bonchev–Trinajstić information content (AvgIpc) is 2.89. The summed E-state index contributed by atoms with van der Waals surface area (Å²) in [6, 6.07) is 14.3. The van der Waals surface area contributed by atoms with Crippen LogP contribution in [0.25, 0.3) is 0 Å². The highest BCUT2D eigenvalue weighted by molar-refractivity contribution is 7.89. The van der Waals surface area contributed by atoms with Crippen LogP contribution in [0.4, 0.5) is 5.95 Å². The summed E-state index contributed by atoms with van der Waals surface area (Å²) in [5, 5.41) is 0. The zero-order valence-corrected chi connectivity index (χ0v) is 20.6. The topological polar surface area (TPSA) is 94.1 Å². The van der Waals surface area contributed by atoms with Gasteiger partial charge in [0.1, 0.15) is 0 Å². The summed E-state index contributed by atoms with van der Waals surface area (Å²) in [6.07, 6.45) is 0.461. The summed E-state index contributed by atoms with van der Waals surface area (Å²) < 4.78 is 45.5. The van der Waals surface area contributed by atoms with Crippen molar-refractivity contribution in [3.8, 4) is 17.4 Å². The molecule has 2 aliphatic rings. The van der Waals surface area contributed by atoms with Gasteiger partial charge in [0.15, 0.2) is 11.5 Å². The molecule has 184 valence electrons. The van der Waals surface area contributed by atoms with Gasteiger partial charge in [-0.2, -0.15) is 9.29 Å². The predicted octanol–water partition coefficient (Wildman–Crippen LogP) is 3.17. The molecule has 1 saturated heterocycles. The number of aryl methyl sites for hydroxylation is 1. The number of rotatable bonds is 6. The number of sulfonamides is 1. The summed E-state index contributed by atoms with van der Waals surface area (Å²) in [6.45, 7) is 4.90. The van der Waals surface area contributed by atoms with E-state index in [9.17, 15) is 8.42 Å². The fourth-order valence-corrected chi connectivity index (χ4v) is 5.79. The van der Waals surface area contributed by atoms with Crippen LogP contribution in [0.5, 0.6) is 17.4 Å². The Bertz CT molecular complexity index is 1330. The lowest BCUT2D eigenvalue weighted by molar-refractivity contribution is 0.122. The van der Waals surface area contributed by atoms with E-state index in [1.807, 2.05) is 25.1 Å². The molecule has 0 N–H and O–H groups in total. The molecule has 5 rings (SSSR count). The van der Waals surface area contributed by atoms with Gasteiger partial charge >= 0.3 is 0 Å². The van der Waals surface area contributed by atoms with Crippen molar-refractivity contribution >= 4 is 16.0 Å². The molecule has 0 atom stereocenters. The molecule has 3 aromatic rings. The average molecular weight is 497 g/mol. The minimum Gasteiger partial charge on any atom is -0.493 e. The molecular formula is C25H28N4O5S. The molecule has 0 spiro atoms. The van der Waals surface area contributed by atoms with Crippen LogP contribution in [0.1, 0.15) is 16.8 Å².